The summed E-state index contributed by atoms with van der Waals surface area (Å²) in [5.74, 6) is -1.42. The molecular formula is C27H23F2N3O3S. The number of amides is 1. The van der Waals surface area contributed by atoms with Crippen molar-refractivity contribution in [1.82, 2.24) is 9.88 Å². The zero-order valence-electron chi connectivity index (χ0n) is 19.3. The minimum absolute atomic E-state index is 0.174. The molecule has 1 amide bonds. The molecule has 0 N–H and O–H groups in total. The Morgan fingerprint density at radius 3 is 2.36 bits per heavy atom. The van der Waals surface area contributed by atoms with Crippen LogP contribution in [0.4, 0.5) is 14.5 Å². The number of benzene rings is 3. The summed E-state index contributed by atoms with van der Waals surface area (Å²) in [6.45, 7) is 1.47. The van der Waals surface area contributed by atoms with E-state index in [0.717, 1.165) is 23.6 Å². The van der Waals surface area contributed by atoms with Crippen LogP contribution in [0.3, 0.4) is 0 Å². The largest absolute Gasteiger partial charge is 0.366 e. The summed E-state index contributed by atoms with van der Waals surface area (Å²) >= 11 is 0. The minimum Gasteiger partial charge on any atom is -0.366 e. The van der Waals surface area contributed by atoms with Gasteiger partial charge in [-0.2, -0.15) is 0 Å². The minimum atomic E-state index is -3.65. The van der Waals surface area contributed by atoms with E-state index in [-0.39, 0.29) is 22.2 Å². The number of fused-ring (bicyclic) bond motifs is 1. The molecule has 9 heteroatoms. The lowest BCUT2D eigenvalue weighted by molar-refractivity contribution is 0.0746. The lowest BCUT2D eigenvalue weighted by Crippen LogP contribution is -2.49. The van der Waals surface area contributed by atoms with Crippen LogP contribution in [0.15, 0.2) is 83.9 Å². The maximum atomic E-state index is 14.1. The summed E-state index contributed by atoms with van der Waals surface area (Å²) < 4.78 is 53.8. The summed E-state index contributed by atoms with van der Waals surface area (Å²) in [5, 5.41) is 0.750. The number of nitrogens with zero attached hydrogens (tertiary/aromatic N) is 3. The number of sulfone groups is 1. The van der Waals surface area contributed by atoms with E-state index in [9.17, 15) is 22.0 Å². The molecule has 2 heterocycles. The molecule has 0 radical (unpaired) electrons. The number of pyridine rings is 1. The fourth-order valence-corrected chi connectivity index (χ4v) is 5.97. The van der Waals surface area contributed by atoms with Gasteiger partial charge in [-0.3, -0.25) is 9.78 Å². The van der Waals surface area contributed by atoms with E-state index in [4.69, 9.17) is 0 Å². The predicted octanol–water partition coefficient (Wildman–Crippen LogP) is 4.45. The van der Waals surface area contributed by atoms with Gasteiger partial charge in [0.05, 0.1) is 21.9 Å². The van der Waals surface area contributed by atoms with Crippen molar-refractivity contribution in [3.8, 4) is 0 Å². The smallest absolute Gasteiger partial charge is 0.253 e. The van der Waals surface area contributed by atoms with Crippen LogP contribution < -0.4 is 4.90 Å². The summed E-state index contributed by atoms with van der Waals surface area (Å²) in [6.07, 6.45) is 1.57. The number of anilines is 1. The monoisotopic (exact) mass is 507 g/mol. The number of rotatable bonds is 5. The molecule has 36 heavy (non-hydrogen) atoms. The molecule has 4 aromatic rings. The van der Waals surface area contributed by atoms with Gasteiger partial charge in [0.2, 0.25) is 0 Å². The highest BCUT2D eigenvalue weighted by atomic mass is 32.2. The van der Waals surface area contributed by atoms with Gasteiger partial charge >= 0.3 is 0 Å². The van der Waals surface area contributed by atoms with Crippen LogP contribution in [0.2, 0.25) is 0 Å². The molecular weight excluding hydrogens is 484 g/mol. The number of para-hydroxylation sites is 1. The third-order valence-electron chi connectivity index (χ3n) is 6.30. The molecule has 1 aromatic heterocycles. The predicted molar refractivity (Wildman–Crippen MR) is 134 cm³/mol. The van der Waals surface area contributed by atoms with Crippen LogP contribution in [0.1, 0.15) is 15.9 Å². The highest BCUT2D eigenvalue weighted by Gasteiger charge is 2.24. The number of hydrogen-bond donors (Lipinski definition) is 0. The number of carbonyl (C=O) groups excluding carboxylic acids is 1. The Kier molecular flexibility index (Phi) is 6.40. The van der Waals surface area contributed by atoms with Crippen molar-refractivity contribution in [3.63, 3.8) is 0 Å². The van der Waals surface area contributed by atoms with Gasteiger partial charge in [0.25, 0.3) is 5.91 Å². The summed E-state index contributed by atoms with van der Waals surface area (Å²) in [7, 11) is -3.65. The first kappa shape index (κ1) is 23.9. The molecule has 1 aliphatic rings. The van der Waals surface area contributed by atoms with Crippen LogP contribution >= 0.6 is 0 Å². The quantitative estimate of drug-likeness (QED) is 0.399. The Balaban J connectivity index is 1.26. The summed E-state index contributed by atoms with van der Waals surface area (Å²) in [6, 6.07) is 18.5. The van der Waals surface area contributed by atoms with Crippen molar-refractivity contribution in [2.45, 2.75) is 10.6 Å². The summed E-state index contributed by atoms with van der Waals surface area (Å²) in [4.78, 5) is 20.8. The van der Waals surface area contributed by atoms with Crippen LogP contribution in [0.25, 0.3) is 10.9 Å². The molecule has 0 aliphatic carbocycles. The molecule has 5 rings (SSSR count). The molecule has 0 spiro atoms. The second-order valence-corrected chi connectivity index (χ2v) is 10.6. The van der Waals surface area contributed by atoms with E-state index in [0.29, 0.717) is 42.8 Å². The number of aromatic nitrogens is 1. The molecule has 1 fully saturated rings. The normalized spacial score (nSPS) is 14.3. The van der Waals surface area contributed by atoms with Crippen molar-refractivity contribution in [3.05, 3.63) is 102 Å². The third-order valence-corrected chi connectivity index (χ3v) is 8.02. The van der Waals surface area contributed by atoms with Crippen molar-refractivity contribution in [1.29, 1.82) is 0 Å². The Hall–Kier alpha value is -3.85. The second-order valence-electron chi connectivity index (χ2n) is 8.66. The van der Waals surface area contributed by atoms with Crippen LogP contribution in [-0.4, -0.2) is 50.4 Å². The summed E-state index contributed by atoms with van der Waals surface area (Å²) in [5.41, 5.74) is 1.62. The highest BCUT2D eigenvalue weighted by Crippen LogP contribution is 2.25. The third kappa shape index (κ3) is 4.79. The first-order valence-electron chi connectivity index (χ1n) is 11.5. The fraction of sp³-hybridized carbons (Fsp3) is 0.185. The van der Waals surface area contributed by atoms with Gasteiger partial charge in [0.15, 0.2) is 9.84 Å². The molecule has 0 bridgehead atoms. The van der Waals surface area contributed by atoms with Crippen molar-refractivity contribution in [2.24, 2.45) is 0 Å². The van der Waals surface area contributed by atoms with E-state index in [1.807, 2.05) is 12.1 Å². The molecule has 1 saturated heterocycles. The lowest BCUT2D eigenvalue weighted by Gasteiger charge is -2.36. The van der Waals surface area contributed by atoms with E-state index in [1.54, 1.807) is 58.5 Å². The second kappa shape index (κ2) is 9.66. The Labute approximate surface area is 207 Å². The number of halogens is 2. The van der Waals surface area contributed by atoms with Gasteiger partial charge in [-0.15, -0.1) is 0 Å². The van der Waals surface area contributed by atoms with Crippen LogP contribution in [0, 0.1) is 11.6 Å². The fourth-order valence-electron chi connectivity index (χ4n) is 4.43. The molecule has 0 saturated carbocycles. The maximum absolute atomic E-state index is 14.1. The first-order chi connectivity index (χ1) is 17.3. The molecule has 184 valence electrons. The molecule has 0 unspecified atom stereocenters. The van der Waals surface area contributed by atoms with E-state index < -0.39 is 21.5 Å². The number of carbonyl (C=O) groups is 1. The van der Waals surface area contributed by atoms with E-state index in [1.165, 1.54) is 0 Å². The Morgan fingerprint density at radius 2 is 1.61 bits per heavy atom. The van der Waals surface area contributed by atoms with E-state index in [2.05, 4.69) is 4.98 Å². The lowest BCUT2D eigenvalue weighted by atomic mass is 10.1. The van der Waals surface area contributed by atoms with Crippen molar-refractivity contribution < 1.29 is 22.0 Å². The van der Waals surface area contributed by atoms with Crippen molar-refractivity contribution >= 4 is 32.3 Å². The van der Waals surface area contributed by atoms with Gasteiger partial charge in [-0.25, -0.2) is 17.2 Å². The standard InChI is InChI=1S/C27H23F2N3O3S/c28-22-10-11-23(29)24(17-22)31-13-15-32(16-14-31)27(33)21-8-6-19(7-9-21)18-36(34,35)25-5-1-3-20-4-2-12-30-26(20)25/h1-12,17H,13-16,18H2. The Morgan fingerprint density at radius 1 is 0.889 bits per heavy atom. The molecule has 0 atom stereocenters. The zero-order chi connectivity index (χ0) is 25.3. The molecule has 6 nitrogen and oxygen atoms in total. The van der Waals surface area contributed by atoms with Crippen LogP contribution in [-0.2, 0) is 15.6 Å². The van der Waals surface area contributed by atoms with Crippen molar-refractivity contribution in [2.75, 3.05) is 31.1 Å². The van der Waals surface area contributed by atoms with Gasteiger partial charge in [-0.05, 0) is 42.0 Å². The number of piperazine rings is 1. The van der Waals surface area contributed by atoms with Gasteiger partial charge in [-0.1, -0.05) is 30.3 Å². The molecule has 1 aliphatic heterocycles. The topological polar surface area (TPSA) is 70.6 Å². The Bertz CT molecular complexity index is 1530. The maximum Gasteiger partial charge on any atom is 0.253 e. The number of hydrogen-bond acceptors (Lipinski definition) is 5. The SMILES string of the molecule is O=C(c1ccc(CS(=O)(=O)c2cccc3cccnc23)cc1)N1CCN(c2cc(F)ccc2F)CC1. The van der Waals surface area contributed by atoms with Gasteiger partial charge in [0, 0.05) is 49.4 Å². The van der Waals surface area contributed by atoms with E-state index >= 15 is 0 Å². The average Bonchev–Trinajstić information content (AvgIpc) is 2.89. The van der Waals surface area contributed by atoms with Gasteiger partial charge < -0.3 is 9.80 Å². The molecule has 3 aromatic carbocycles. The zero-order valence-corrected chi connectivity index (χ0v) is 20.1. The average molecular weight is 508 g/mol. The van der Waals surface area contributed by atoms with Gasteiger partial charge in [0.1, 0.15) is 11.6 Å². The first-order valence-corrected chi connectivity index (χ1v) is 13.1. The highest BCUT2D eigenvalue weighted by molar-refractivity contribution is 7.90. The van der Waals surface area contributed by atoms with Crippen LogP contribution in [0.5, 0.6) is 0 Å².